The molecule has 1 N–H and O–H groups in total. The molecule has 70 valence electrons. The zero-order valence-electron chi connectivity index (χ0n) is 6.75. The lowest BCUT2D eigenvalue weighted by atomic mass is 10.3. The predicted molar refractivity (Wildman–Crippen MR) is 53.3 cm³/mol. The quantitative estimate of drug-likeness (QED) is 0.787. The van der Waals surface area contributed by atoms with Crippen LogP contribution in [0.15, 0.2) is 11.4 Å². The van der Waals surface area contributed by atoms with Crippen LogP contribution in [0.1, 0.15) is 12.8 Å². The molecule has 0 radical (unpaired) electrons. The third-order valence-corrected chi connectivity index (χ3v) is 2.55. The zero-order chi connectivity index (χ0) is 9.68. The Morgan fingerprint density at radius 3 is 3.00 bits per heavy atom. The molecule has 0 saturated heterocycles. The molecule has 5 heteroatoms. The van der Waals surface area contributed by atoms with Gasteiger partial charge >= 0.3 is 0 Å². The van der Waals surface area contributed by atoms with E-state index in [2.05, 4.69) is 5.32 Å². The number of carbonyl (C=O) groups excluding carboxylic acids is 2. The summed E-state index contributed by atoms with van der Waals surface area (Å²) in [5, 5.41) is 4.40. The van der Waals surface area contributed by atoms with Gasteiger partial charge in [0.25, 0.3) is 0 Å². The van der Waals surface area contributed by atoms with Gasteiger partial charge in [-0.15, -0.1) is 11.3 Å². The van der Waals surface area contributed by atoms with Crippen LogP contribution in [-0.2, 0) is 9.59 Å². The van der Waals surface area contributed by atoms with Crippen molar-refractivity contribution in [1.29, 1.82) is 0 Å². The average Bonchev–Trinajstić information content (AvgIpc) is 2.48. The maximum absolute atomic E-state index is 11.1. The molecule has 1 aromatic rings. The van der Waals surface area contributed by atoms with Gasteiger partial charge in [-0.05, 0) is 11.4 Å². The maximum Gasteiger partial charge on any atom is 0.224 e. The second-order valence-corrected chi connectivity index (χ2v) is 3.88. The van der Waals surface area contributed by atoms with Crippen LogP contribution in [0.3, 0.4) is 0 Å². The van der Waals surface area contributed by atoms with E-state index < -0.39 is 0 Å². The molecule has 0 saturated carbocycles. The smallest absolute Gasteiger partial charge is 0.224 e. The van der Waals surface area contributed by atoms with Crippen molar-refractivity contribution in [1.82, 2.24) is 0 Å². The van der Waals surface area contributed by atoms with Crippen molar-refractivity contribution < 1.29 is 9.59 Å². The molecule has 13 heavy (non-hydrogen) atoms. The summed E-state index contributed by atoms with van der Waals surface area (Å²) in [4.78, 5) is 21.1. The Hall–Kier alpha value is -0.870. The SMILES string of the molecule is O=CCCC(=O)Nc1ccsc1Cl. The minimum absolute atomic E-state index is 0.188. The van der Waals surface area contributed by atoms with Crippen LogP contribution >= 0.6 is 22.9 Å². The van der Waals surface area contributed by atoms with Gasteiger partial charge in [-0.3, -0.25) is 4.79 Å². The minimum Gasteiger partial charge on any atom is -0.324 e. The number of thiophene rings is 1. The summed E-state index contributed by atoms with van der Waals surface area (Å²) in [5.41, 5.74) is 0.613. The Morgan fingerprint density at radius 2 is 2.46 bits per heavy atom. The van der Waals surface area contributed by atoms with Crippen molar-refractivity contribution in [3.63, 3.8) is 0 Å². The van der Waals surface area contributed by atoms with E-state index in [4.69, 9.17) is 11.6 Å². The highest BCUT2D eigenvalue weighted by Crippen LogP contribution is 2.27. The topological polar surface area (TPSA) is 46.2 Å². The highest BCUT2D eigenvalue weighted by Gasteiger charge is 2.05. The molecule has 0 aromatic carbocycles. The van der Waals surface area contributed by atoms with Crippen molar-refractivity contribution in [2.45, 2.75) is 12.8 Å². The van der Waals surface area contributed by atoms with Gasteiger partial charge in [-0.2, -0.15) is 0 Å². The summed E-state index contributed by atoms with van der Waals surface area (Å²) < 4.78 is 0.555. The first-order chi connectivity index (χ1) is 6.24. The van der Waals surface area contributed by atoms with Gasteiger partial charge in [0.1, 0.15) is 10.6 Å². The first-order valence-corrected chi connectivity index (χ1v) is 4.96. The van der Waals surface area contributed by atoms with Crippen molar-refractivity contribution in [2.24, 2.45) is 0 Å². The number of amides is 1. The zero-order valence-corrected chi connectivity index (χ0v) is 8.32. The summed E-state index contributed by atoms with van der Waals surface area (Å²) in [6.07, 6.45) is 1.16. The molecule has 0 spiro atoms. The summed E-state index contributed by atoms with van der Waals surface area (Å²) in [7, 11) is 0. The van der Waals surface area contributed by atoms with Crippen molar-refractivity contribution in [2.75, 3.05) is 5.32 Å². The van der Waals surface area contributed by atoms with Gasteiger partial charge in [-0.1, -0.05) is 11.6 Å². The summed E-state index contributed by atoms with van der Waals surface area (Å²) >= 11 is 7.10. The number of aldehydes is 1. The number of nitrogens with one attached hydrogen (secondary N) is 1. The molecule has 0 bridgehead atoms. The van der Waals surface area contributed by atoms with Crippen LogP contribution in [0.25, 0.3) is 0 Å². The maximum atomic E-state index is 11.1. The van der Waals surface area contributed by atoms with E-state index in [0.717, 1.165) is 6.29 Å². The molecule has 3 nitrogen and oxygen atoms in total. The van der Waals surface area contributed by atoms with E-state index in [1.54, 1.807) is 11.4 Å². The van der Waals surface area contributed by atoms with E-state index in [1.807, 2.05) is 0 Å². The van der Waals surface area contributed by atoms with Gasteiger partial charge < -0.3 is 10.1 Å². The lowest BCUT2D eigenvalue weighted by Crippen LogP contribution is -2.10. The standard InChI is InChI=1S/C8H8ClNO2S/c9-8-6(3-5-13-8)10-7(12)2-1-4-11/h3-5H,1-2H2,(H,10,12). The van der Waals surface area contributed by atoms with Crippen molar-refractivity contribution in [3.05, 3.63) is 15.8 Å². The minimum atomic E-state index is -0.188. The Morgan fingerprint density at radius 1 is 1.69 bits per heavy atom. The third kappa shape index (κ3) is 3.16. The van der Waals surface area contributed by atoms with Crippen LogP contribution < -0.4 is 5.32 Å². The molecule has 1 rings (SSSR count). The Bertz CT molecular complexity index is 311. The molecule has 0 fully saturated rings. The molecule has 0 aliphatic rings. The first-order valence-electron chi connectivity index (χ1n) is 3.70. The van der Waals surface area contributed by atoms with Crippen LogP contribution in [0.2, 0.25) is 4.34 Å². The van der Waals surface area contributed by atoms with E-state index in [1.165, 1.54) is 11.3 Å². The molecule has 0 unspecified atom stereocenters. The van der Waals surface area contributed by atoms with Crippen LogP contribution in [0, 0.1) is 0 Å². The lowest BCUT2D eigenvalue weighted by Gasteiger charge is -2.00. The van der Waals surface area contributed by atoms with Gasteiger partial charge in [0.2, 0.25) is 5.91 Å². The van der Waals surface area contributed by atoms with Gasteiger partial charge in [0.15, 0.2) is 0 Å². The summed E-state index contributed by atoms with van der Waals surface area (Å²) in [6, 6.07) is 1.73. The Balaban J connectivity index is 2.45. The van der Waals surface area contributed by atoms with Crippen molar-refractivity contribution >= 4 is 40.8 Å². The Kier molecular flexibility index (Phi) is 3.92. The molecular formula is C8H8ClNO2S. The molecule has 1 aromatic heterocycles. The summed E-state index contributed by atoms with van der Waals surface area (Å²) in [6.45, 7) is 0. The van der Waals surface area contributed by atoms with Gasteiger partial charge in [-0.25, -0.2) is 0 Å². The van der Waals surface area contributed by atoms with E-state index in [9.17, 15) is 9.59 Å². The number of hydrogen-bond acceptors (Lipinski definition) is 3. The van der Waals surface area contributed by atoms with Crippen LogP contribution in [-0.4, -0.2) is 12.2 Å². The molecule has 0 aliphatic carbocycles. The number of rotatable bonds is 4. The summed E-state index contributed by atoms with van der Waals surface area (Å²) in [5.74, 6) is -0.188. The number of anilines is 1. The first kappa shape index (κ1) is 10.2. The predicted octanol–water partition coefficient (Wildman–Crippen LogP) is 2.32. The van der Waals surface area contributed by atoms with Gasteiger partial charge in [0, 0.05) is 12.8 Å². The van der Waals surface area contributed by atoms with E-state index in [-0.39, 0.29) is 18.7 Å². The number of carbonyl (C=O) groups is 2. The highest BCUT2D eigenvalue weighted by molar-refractivity contribution is 7.15. The fourth-order valence-corrected chi connectivity index (χ4v) is 1.62. The second kappa shape index (κ2) is 4.99. The molecule has 0 aliphatic heterocycles. The largest absolute Gasteiger partial charge is 0.324 e. The second-order valence-electron chi connectivity index (χ2n) is 2.36. The third-order valence-electron chi connectivity index (χ3n) is 1.38. The van der Waals surface area contributed by atoms with Crippen LogP contribution in [0.5, 0.6) is 0 Å². The molecular weight excluding hydrogens is 210 g/mol. The molecule has 1 heterocycles. The highest BCUT2D eigenvalue weighted by atomic mass is 35.5. The fraction of sp³-hybridized carbons (Fsp3) is 0.250. The normalized spacial score (nSPS) is 9.62. The monoisotopic (exact) mass is 217 g/mol. The van der Waals surface area contributed by atoms with Crippen LogP contribution in [0.4, 0.5) is 5.69 Å². The number of halogens is 1. The number of hydrogen-bond donors (Lipinski definition) is 1. The molecule has 1 amide bonds. The Labute approximate surface area is 84.7 Å². The molecule has 0 atom stereocenters. The van der Waals surface area contributed by atoms with E-state index >= 15 is 0 Å². The van der Waals surface area contributed by atoms with E-state index in [0.29, 0.717) is 10.0 Å². The fourth-order valence-electron chi connectivity index (χ4n) is 0.784. The average molecular weight is 218 g/mol. The van der Waals surface area contributed by atoms with Gasteiger partial charge in [0.05, 0.1) is 5.69 Å². The lowest BCUT2D eigenvalue weighted by molar-refractivity contribution is -0.118. The van der Waals surface area contributed by atoms with Crippen molar-refractivity contribution in [3.8, 4) is 0 Å².